The number of esters is 1. The van der Waals surface area contributed by atoms with Crippen molar-refractivity contribution >= 4 is 32.6 Å². The number of halogens is 2. The van der Waals surface area contributed by atoms with Crippen LogP contribution in [0.5, 0.6) is 0 Å². The normalized spacial score (nSPS) is 14.8. The summed E-state index contributed by atoms with van der Waals surface area (Å²) < 4.78 is 62.7. The van der Waals surface area contributed by atoms with Crippen LogP contribution in [0.1, 0.15) is 47.3 Å². The van der Waals surface area contributed by atoms with E-state index in [0.717, 1.165) is 35.9 Å². The molecular formula is C28H24F2N2O4S. The Morgan fingerprint density at radius 2 is 1.78 bits per heavy atom. The first-order valence-electron chi connectivity index (χ1n) is 11.9. The minimum absolute atomic E-state index is 0.0345. The highest BCUT2D eigenvalue weighted by atomic mass is 32.2. The lowest BCUT2D eigenvalue weighted by Gasteiger charge is -2.16. The van der Waals surface area contributed by atoms with Crippen molar-refractivity contribution in [3.63, 3.8) is 0 Å². The Bertz CT molecular complexity index is 1620. The third kappa shape index (κ3) is 4.67. The first-order chi connectivity index (χ1) is 17.8. The number of aromatic nitrogens is 2. The van der Waals surface area contributed by atoms with Gasteiger partial charge in [0.05, 0.1) is 29.5 Å². The van der Waals surface area contributed by atoms with Gasteiger partial charge in [0.25, 0.3) is 10.0 Å². The van der Waals surface area contributed by atoms with Crippen molar-refractivity contribution in [3.05, 3.63) is 101 Å². The van der Waals surface area contributed by atoms with Gasteiger partial charge in [-0.3, -0.25) is 0 Å². The smallest absolute Gasteiger partial charge is 0.340 e. The van der Waals surface area contributed by atoms with E-state index < -0.39 is 27.6 Å². The van der Waals surface area contributed by atoms with Crippen LogP contribution in [0.3, 0.4) is 0 Å². The van der Waals surface area contributed by atoms with Crippen molar-refractivity contribution in [2.45, 2.75) is 30.6 Å². The summed E-state index contributed by atoms with van der Waals surface area (Å²) in [4.78, 5) is 16.1. The van der Waals surface area contributed by atoms with E-state index in [0.29, 0.717) is 16.5 Å². The predicted octanol–water partition coefficient (Wildman–Crippen LogP) is 5.96. The number of ether oxygens (including phenoxy) is 1. The van der Waals surface area contributed by atoms with Gasteiger partial charge in [-0.2, -0.15) is 0 Å². The maximum Gasteiger partial charge on any atom is 0.340 e. The minimum Gasteiger partial charge on any atom is -0.465 e. The summed E-state index contributed by atoms with van der Waals surface area (Å²) in [5, 5.41) is 0.290. The van der Waals surface area contributed by atoms with Gasteiger partial charge in [-0.05, 0) is 60.7 Å². The molecule has 0 amide bonds. The quantitative estimate of drug-likeness (QED) is 0.292. The molecule has 0 N–H and O–H groups in total. The fourth-order valence-electron chi connectivity index (χ4n) is 4.82. The molecule has 2 heterocycles. The molecule has 0 bridgehead atoms. The van der Waals surface area contributed by atoms with Crippen LogP contribution in [0.15, 0.2) is 77.8 Å². The molecule has 9 heteroatoms. The number of pyridine rings is 1. The molecule has 1 saturated carbocycles. The molecule has 6 nitrogen and oxygen atoms in total. The number of allylic oxidation sites excluding steroid dienone is 1. The topological polar surface area (TPSA) is 78.3 Å². The Balaban J connectivity index is 1.79. The van der Waals surface area contributed by atoms with E-state index in [2.05, 4.69) is 9.72 Å². The summed E-state index contributed by atoms with van der Waals surface area (Å²) in [6.45, 7) is 0. The van der Waals surface area contributed by atoms with E-state index >= 15 is 4.39 Å². The van der Waals surface area contributed by atoms with Gasteiger partial charge < -0.3 is 4.74 Å². The van der Waals surface area contributed by atoms with Crippen LogP contribution < -0.4 is 0 Å². The van der Waals surface area contributed by atoms with E-state index in [4.69, 9.17) is 0 Å². The van der Waals surface area contributed by atoms with Gasteiger partial charge in [-0.1, -0.05) is 43.2 Å². The Kier molecular flexibility index (Phi) is 6.64. The standard InChI is InChI=1S/C28H24F2N2O4S/c1-36-28(33)23-12-11-19(15-25(23)30)24(13-18-7-5-6-8-18)26-16-20-14-21(29)17-31-27(20)32(26)37(34,35)22-9-3-2-4-10-22/h2-4,9-18H,5-8H2,1H3. The Morgan fingerprint density at radius 3 is 2.46 bits per heavy atom. The van der Waals surface area contributed by atoms with Gasteiger partial charge in [-0.15, -0.1) is 0 Å². The summed E-state index contributed by atoms with van der Waals surface area (Å²) in [7, 11) is -3.00. The van der Waals surface area contributed by atoms with E-state index in [-0.39, 0.29) is 27.7 Å². The summed E-state index contributed by atoms with van der Waals surface area (Å²) in [5.41, 5.74) is 0.899. The maximum absolute atomic E-state index is 15.0. The van der Waals surface area contributed by atoms with Crippen molar-refractivity contribution in [2.24, 2.45) is 5.92 Å². The summed E-state index contributed by atoms with van der Waals surface area (Å²) >= 11 is 0. The van der Waals surface area contributed by atoms with Crippen LogP contribution in [0.2, 0.25) is 0 Å². The first-order valence-corrected chi connectivity index (χ1v) is 13.3. The molecule has 37 heavy (non-hydrogen) atoms. The Morgan fingerprint density at radius 1 is 1.05 bits per heavy atom. The number of rotatable bonds is 6. The minimum atomic E-state index is -4.17. The van der Waals surface area contributed by atoms with E-state index in [9.17, 15) is 17.6 Å². The van der Waals surface area contributed by atoms with Gasteiger partial charge in [-0.25, -0.2) is 30.9 Å². The van der Waals surface area contributed by atoms with Crippen molar-refractivity contribution in [3.8, 4) is 0 Å². The zero-order valence-electron chi connectivity index (χ0n) is 20.0. The molecule has 0 atom stereocenters. The molecule has 0 spiro atoms. The monoisotopic (exact) mass is 522 g/mol. The number of carbonyl (C=O) groups is 1. The van der Waals surface area contributed by atoms with Gasteiger partial charge >= 0.3 is 5.97 Å². The van der Waals surface area contributed by atoms with Crippen LogP contribution in [-0.2, 0) is 14.8 Å². The number of fused-ring (bicyclic) bond motifs is 1. The Hall–Kier alpha value is -3.85. The van der Waals surface area contributed by atoms with Crippen LogP contribution in [0, 0.1) is 17.6 Å². The van der Waals surface area contributed by atoms with Crippen molar-refractivity contribution in [1.82, 2.24) is 8.96 Å². The van der Waals surface area contributed by atoms with Crippen molar-refractivity contribution in [2.75, 3.05) is 7.11 Å². The fraction of sp³-hybridized carbons (Fsp3) is 0.214. The maximum atomic E-state index is 15.0. The highest BCUT2D eigenvalue weighted by Gasteiger charge is 2.28. The second kappa shape index (κ2) is 9.89. The molecule has 1 fully saturated rings. The lowest BCUT2D eigenvalue weighted by molar-refractivity contribution is 0.0595. The van der Waals surface area contributed by atoms with Crippen molar-refractivity contribution in [1.29, 1.82) is 0 Å². The summed E-state index contributed by atoms with van der Waals surface area (Å²) in [6, 6.07) is 14.7. The fourth-order valence-corrected chi connectivity index (χ4v) is 6.32. The number of hydrogen-bond acceptors (Lipinski definition) is 5. The number of carbonyl (C=O) groups excluding carboxylic acids is 1. The van der Waals surface area contributed by atoms with Gasteiger partial charge in [0, 0.05) is 11.0 Å². The molecule has 1 aliphatic rings. The molecule has 4 aromatic rings. The lowest BCUT2D eigenvalue weighted by atomic mass is 9.95. The molecule has 190 valence electrons. The van der Waals surface area contributed by atoms with Gasteiger partial charge in [0.2, 0.25) is 0 Å². The molecule has 2 aromatic heterocycles. The highest BCUT2D eigenvalue weighted by molar-refractivity contribution is 7.90. The average Bonchev–Trinajstić information content (AvgIpc) is 3.55. The zero-order chi connectivity index (χ0) is 26.2. The molecular weight excluding hydrogens is 498 g/mol. The number of hydrogen-bond donors (Lipinski definition) is 0. The first kappa shape index (κ1) is 24.8. The predicted molar refractivity (Wildman–Crippen MR) is 135 cm³/mol. The molecule has 1 aliphatic carbocycles. The number of benzene rings is 2. The summed E-state index contributed by atoms with van der Waals surface area (Å²) in [5.74, 6) is -2.07. The molecule has 2 aromatic carbocycles. The van der Waals surface area contributed by atoms with Gasteiger partial charge in [0.15, 0.2) is 5.65 Å². The third-order valence-corrected chi connectivity index (χ3v) is 8.33. The van der Waals surface area contributed by atoms with Crippen molar-refractivity contribution < 1.29 is 26.7 Å². The lowest BCUT2D eigenvalue weighted by Crippen LogP contribution is -2.16. The summed E-state index contributed by atoms with van der Waals surface area (Å²) in [6.07, 6.45) is 6.79. The number of methoxy groups -OCH3 is 1. The Labute approximate surface area is 213 Å². The van der Waals surface area contributed by atoms with Crippen LogP contribution in [0.25, 0.3) is 16.6 Å². The number of nitrogens with zero attached hydrogens (tertiary/aromatic N) is 2. The second-order valence-corrected chi connectivity index (χ2v) is 10.8. The van der Waals surface area contributed by atoms with E-state index in [1.165, 1.54) is 37.4 Å². The molecule has 0 aliphatic heterocycles. The molecule has 0 radical (unpaired) electrons. The molecule has 5 rings (SSSR count). The molecule has 0 unspecified atom stereocenters. The van der Waals surface area contributed by atoms with Gasteiger partial charge in [0.1, 0.15) is 11.6 Å². The largest absolute Gasteiger partial charge is 0.465 e. The van der Waals surface area contributed by atoms with Crippen LogP contribution in [0.4, 0.5) is 8.78 Å². The second-order valence-electron chi connectivity index (χ2n) is 8.99. The zero-order valence-corrected chi connectivity index (χ0v) is 20.8. The average molecular weight is 523 g/mol. The third-order valence-electron chi connectivity index (χ3n) is 6.61. The highest BCUT2D eigenvalue weighted by Crippen LogP contribution is 2.36. The van der Waals surface area contributed by atoms with E-state index in [1.54, 1.807) is 30.3 Å². The van der Waals surface area contributed by atoms with Crippen LogP contribution in [-0.4, -0.2) is 30.5 Å². The SMILES string of the molecule is COC(=O)c1ccc(C(=CC2CCCC2)c2cc3cc(F)cnc3n2S(=O)(=O)c2ccccc2)cc1F. The van der Waals surface area contributed by atoms with Crippen LogP contribution >= 0.6 is 0 Å². The van der Waals surface area contributed by atoms with E-state index in [1.807, 2.05) is 6.08 Å². The molecule has 0 saturated heterocycles.